The summed E-state index contributed by atoms with van der Waals surface area (Å²) in [5.41, 5.74) is 0.761. The highest BCUT2D eigenvalue weighted by Gasteiger charge is 2.12. The van der Waals surface area contributed by atoms with Crippen LogP contribution in [-0.2, 0) is 6.61 Å². The van der Waals surface area contributed by atoms with E-state index in [1.807, 2.05) is 18.2 Å². The van der Waals surface area contributed by atoms with Crippen molar-refractivity contribution in [1.82, 2.24) is 15.2 Å². The molecule has 0 amide bonds. The smallest absolute Gasteiger partial charge is 0.339 e. The van der Waals surface area contributed by atoms with E-state index >= 15 is 0 Å². The number of H-pyrrole nitrogens is 1. The fourth-order valence-electron chi connectivity index (χ4n) is 2.81. The molecule has 2 aromatic carbocycles. The van der Waals surface area contributed by atoms with E-state index in [0.717, 1.165) is 5.56 Å². The summed E-state index contributed by atoms with van der Waals surface area (Å²) < 4.78 is 21.5. The maximum Gasteiger partial charge on any atom is 0.339 e. The highest BCUT2D eigenvalue weighted by atomic mass is 16.5. The highest BCUT2D eigenvalue weighted by molar-refractivity contribution is 5.82. The number of hydrogen-bond donors (Lipinski definition) is 1. The molecule has 0 saturated carbocycles. The van der Waals surface area contributed by atoms with Gasteiger partial charge in [-0.3, -0.25) is 5.10 Å². The minimum Gasteiger partial charge on any atom is -0.493 e. The van der Waals surface area contributed by atoms with Crippen LogP contribution in [0.5, 0.6) is 17.2 Å². The molecule has 0 unspecified atom stereocenters. The van der Waals surface area contributed by atoms with Crippen LogP contribution < -0.4 is 19.8 Å². The molecule has 8 heteroatoms. The van der Waals surface area contributed by atoms with Crippen LogP contribution in [0.2, 0.25) is 0 Å². The van der Waals surface area contributed by atoms with E-state index in [0.29, 0.717) is 39.9 Å². The van der Waals surface area contributed by atoms with E-state index in [9.17, 15) is 4.79 Å². The zero-order valence-corrected chi connectivity index (χ0v) is 15.3. The third kappa shape index (κ3) is 3.39. The van der Waals surface area contributed by atoms with Gasteiger partial charge in [-0.05, 0) is 30.3 Å². The predicted molar refractivity (Wildman–Crippen MR) is 102 cm³/mol. The van der Waals surface area contributed by atoms with Crippen LogP contribution in [-0.4, -0.2) is 29.4 Å². The van der Waals surface area contributed by atoms with Gasteiger partial charge in [-0.25, -0.2) is 9.78 Å². The molecular weight excluding hydrogens is 362 g/mol. The monoisotopic (exact) mass is 379 g/mol. The number of benzene rings is 2. The van der Waals surface area contributed by atoms with E-state index in [1.54, 1.807) is 38.5 Å². The first kappa shape index (κ1) is 17.6. The van der Waals surface area contributed by atoms with Crippen LogP contribution >= 0.6 is 0 Å². The molecule has 0 bridgehead atoms. The molecule has 8 nitrogen and oxygen atoms in total. The van der Waals surface area contributed by atoms with Gasteiger partial charge in [-0.15, -0.1) is 0 Å². The molecule has 1 N–H and O–H groups in total. The second-order valence-electron chi connectivity index (χ2n) is 5.89. The summed E-state index contributed by atoms with van der Waals surface area (Å²) >= 11 is 0. The van der Waals surface area contributed by atoms with Gasteiger partial charge in [0.2, 0.25) is 0 Å². The molecule has 28 heavy (non-hydrogen) atoms. The third-order valence-corrected chi connectivity index (χ3v) is 4.15. The summed E-state index contributed by atoms with van der Waals surface area (Å²) in [6, 6.07) is 13.9. The molecule has 4 aromatic rings. The number of aromatic nitrogens is 3. The van der Waals surface area contributed by atoms with Crippen LogP contribution in [0.15, 0.2) is 57.7 Å². The van der Waals surface area contributed by atoms with E-state index in [1.165, 1.54) is 6.07 Å². The molecule has 0 aliphatic heterocycles. The van der Waals surface area contributed by atoms with Crippen LogP contribution in [0.4, 0.5) is 0 Å². The molecule has 0 fully saturated rings. The molecular formula is C20H17N3O5. The van der Waals surface area contributed by atoms with Crippen molar-refractivity contribution in [3.05, 3.63) is 64.8 Å². The maximum atomic E-state index is 11.7. The Morgan fingerprint density at radius 1 is 1.00 bits per heavy atom. The van der Waals surface area contributed by atoms with Gasteiger partial charge in [-0.2, -0.15) is 5.10 Å². The topological polar surface area (TPSA) is 99.5 Å². The van der Waals surface area contributed by atoms with Crippen molar-refractivity contribution in [2.24, 2.45) is 0 Å². The Balaban J connectivity index is 1.56. The summed E-state index contributed by atoms with van der Waals surface area (Å²) in [4.78, 5) is 16.2. The first-order valence-electron chi connectivity index (χ1n) is 8.47. The van der Waals surface area contributed by atoms with Gasteiger partial charge >= 0.3 is 5.63 Å². The summed E-state index contributed by atoms with van der Waals surface area (Å²) in [5, 5.41) is 7.77. The number of aromatic amines is 1. The average molecular weight is 379 g/mol. The molecule has 0 radical (unpaired) electrons. The first-order valence-corrected chi connectivity index (χ1v) is 8.47. The Kier molecular flexibility index (Phi) is 4.67. The number of rotatable bonds is 6. The lowest BCUT2D eigenvalue weighted by molar-refractivity contribution is 0.297. The van der Waals surface area contributed by atoms with Gasteiger partial charge in [0.05, 0.1) is 25.7 Å². The van der Waals surface area contributed by atoms with Gasteiger partial charge in [-0.1, -0.05) is 12.1 Å². The minimum absolute atomic E-state index is 0.119. The fraction of sp³-hybridized carbons (Fsp3) is 0.150. The Bertz CT molecular complexity index is 1180. The largest absolute Gasteiger partial charge is 0.493 e. The van der Waals surface area contributed by atoms with E-state index < -0.39 is 5.63 Å². The zero-order valence-electron chi connectivity index (χ0n) is 15.3. The van der Waals surface area contributed by atoms with E-state index in [2.05, 4.69) is 15.2 Å². The molecule has 0 saturated heterocycles. The van der Waals surface area contributed by atoms with Gasteiger partial charge < -0.3 is 18.6 Å². The van der Waals surface area contributed by atoms with Crippen LogP contribution in [0, 0.1) is 0 Å². The van der Waals surface area contributed by atoms with Gasteiger partial charge in [0.25, 0.3) is 0 Å². The van der Waals surface area contributed by atoms with Crippen molar-refractivity contribution in [3.63, 3.8) is 0 Å². The maximum absolute atomic E-state index is 11.7. The second kappa shape index (κ2) is 7.43. The standard InChI is InChI=1S/C20H17N3O5/c1-25-15-8-7-12(9-17(15)26-2)20-21-18(22-23-20)11-27-16-10-19(24)28-14-6-4-3-5-13(14)16/h3-10H,11H2,1-2H3,(H,21,22,23). The lowest BCUT2D eigenvalue weighted by Gasteiger charge is -2.07. The van der Waals surface area contributed by atoms with Crippen molar-refractivity contribution in [1.29, 1.82) is 0 Å². The Hall–Kier alpha value is -3.81. The summed E-state index contributed by atoms with van der Waals surface area (Å²) in [5.74, 6) is 2.65. The molecule has 2 heterocycles. The number of nitrogens with one attached hydrogen (secondary N) is 1. The van der Waals surface area contributed by atoms with Crippen LogP contribution in [0.25, 0.3) is 22.4 Å². The Morgan fingerprint density at radius 2 is 1.82 bits per heavy atom. The summed E-state index contributed by atoms with van der Waals surface area (Å²) in [6.45, 7) is 0.119. The lowest BCUT2D eigenvalue weighted by Crippen LogP contribution is -2.03. The molecule has 2 aromatic heterocycles. The van der Waals surface area contributed by atoms with Crippen LogP contribution in [0.1, 0.15) is 5.82 Å². The normalized spacial score (nSPS) is 10.8. The van der Waals surface area contributed by atoms with E-state index in [4.69, 9.17) is 18.6 Å². The average Bonchev–Trinajstić information content (AvgIpc) is 3.20. The van der Waals surface area contributed by atoms with Gasteiger partial charge in [0.1, 0.15) is 17.9 Å². The van der Waals surface area contributed by atoms with Gasteiger partial charge in [0, 0.05) is 5.56 Å². The molecule has 4 rings (SSSR count). The quantitative estimate of drug-likeness (QED) is 0.514. The molecule has 0 atom stereocenters. The van der Waals surface area contributed by atoms with E-state index in [-0.39, 0.29) is 6.61 Å². The predicted octanol–water partition coefficient (Wildman–Crippen LogP) is 3.17. The Morgan fingerprint density at radius 3 is 2.64 bits per heavy atom. The number of methoxy groups -OCH3 is 2. The number of fused-ring (bicyclic) bond motifs is 1. The zero-order chi connectivity index (χ0) is 19.5. The third-order valence-electron chi connectivity index (χ3n) is 4.15. The number of hydrogen-bond acceptors (Lipinski definition) is 7. The molecule has 142 valence electrons. The molecule has 0 aliphatic carbocycles. The van der Waals surface area contributed by atoms with Gasteiger partial charge in [0.15, 0.2) is 23.1 Å². The summed E-state index contributed by atoms with van der Waals surface area (Å²) in [6.07, 6.45) is 0. The van der Waals surface area contributed by atoms with Crippen molar-refractivity contribution in [3.8, 4) is 28.6 Å². The number of ether oxygens (including phenoxy) is 3. The Labute approximate surface area is 159 Å². The van der Waals surface area contributed by atoms with Crippen molar-refractivity contribution in [2.45, 2.75) is 6.61 Å². The minimum atomic E-state index is -0.475. The lowest BCUT2D eigenvalue weighted by atomic mass is 10.2. The number of para-hydroxylation sites is 1. The second-order valence-corrected chi connectivity index (χ2v) is 5.89. The van der Waals surface area contributed by atoms with Crippen molar-refractivity contribution in [2.75, 3.05) is 14.2 Å². The first-order chi connectivity index (χ1) is 13.7. The number of nitrogens with zero attached hydrogens (tertiary/aromatic N) is 2. The molecule has 0 aliphatic rings. The highest BCUT2D eigenvalue weighted by Crippen LogP contribution is 2.31. The summed E-state index contributed by atoms with van der Waals surface area (Å²) in [7, 11) is 3.15. The fourth-order valence-corrected chi connectivity index (χ4v) is 2.81. The van der Waals surface area contributed by atoms with Crippen molar-refractivity contribution >= 4 is 11.0 Å². The van der Waals surface area contributed by atoms with Crippen molar-refractivity contribution < 1.29 is 18.6 Å². The SMILES string of the molecule is COc1ccc(-c2n[nH]c(COc3cc(=O)oc4ccccc34)n2)cc1OC. The van der Waals surface area contributed by atoms with Crippen LogP contribution in [0.3, 0.4) is 0 Å². The molecule has 0 spiro atoms.